The number of benzene rings is 3. The van der Waals surface area contributed by atoms with Crippen LogP contribution >= 0.6 is 27.7 Å². The fraction of sp³-hybridized carbons (Fsp3) is 0.286. The smallest absolute Gasteiger partial charge is 0.243 e. The number of amides is 2. The molecule has 4 nitrogen and oxygen atoms in total. The summed E-state index contributed by atoms with van der Waals surface area (Å²) in [5.41, 5.74) is 4.35. The van der Waals surface area contributed by atoms with E-state index in [2.05, 4.69) is 39.4 Å². The summed E-state index contributed by atoms with van der Waals surface area (Å²) in [6.07, 6.45) is 0.474. The lowest BCUT2D eigenvalue weighted by atomic mass is 10.0. The van der Waals surface area contributed by atoms with E-state index in [1.54, 1.807) is 16.7 Å². The van der Waals surface area contributed by atoms with Gasteiger partial charge >= 0.3 is 0 Å². The molecule has 3 rings (SSSR count). The van der Waals surface area contributed by atoms with Crippen LogP contribution in [0.15, 0.2) is 83.3 Å². The molecule has 34 heavy (non-hydrogen) atoms. The van der Waals surface area contributed by atoms with Crippen LogP contribution in [0.4, 0.5) is 0 Å². The zero-order valence-corrected chi connectivity index (χ0v) is 22.1. The minimum atomic E-state index is -0.580. The van der Waals surface area contributed by atoms with Gasteiger partial charge in [0.1, 0.15) is 6.04 Å². The summed E-state index contributed by atoms with van der Waals surface area (Å²) in [5, 5.41) is 2.94. The molecule has 0 aliphatic carbocycles. The van der Waals surface area contributed by atoms with Crippen LogP contribution in [0.5, 0.6) is 0 Å². The van der Waals surface area contributed by atoms with E-state index in [0.29, 0.717) is 25.3 Å². The Kier molecular flexibility index (Phi) is 10.2. The van der Waals surface area contributed by atoms with Gasteiger partial charge in [-0.3, -0.25) is 9.59 Å². The topological polar surface area (TPSA) is 49.4 Å². The highest BCUT2D eigenvalue weighted by Gasteiger charge is 2.30. The summed E-state index contributed by atoms with van der Waals surface area (Å²) >= 11 is 5.03. The monoisotopic (exact) mass is 538 g/mol. The Bertz CT molecular complexity index is 1070. The molecule has 0 bridgehead atoms. The number of rotatable bonds is 11. The van der Waals surface area contributed by atoms with Crippen LogP contribution < -0.4 is 5.32 Å². The van der Waals surface area contributed by atoms with Crippen LogP contribution in [0.25, 0.3) is 0 Å². The molecule has 1 N–H and O–H groups in total. The lowest BCUT2D eigenvalue weighted by molar-refractivity contribution is -0.139. The molecule has 0 fully saturated rings. The van der Waals surface area contributed by atoms with Gasteiger partial charge in [-0.2, -0.15) is 0 Å². The molecule has 6 heteroatoms. The number of hydrogen-bond acceptors (Lipinski definition) is 3. The van der Waals surface area contributed by atoms with Gasteiger partial charge in [0, 0.05) is 29.7 Å². The Hall–Kier alpha value is -2.57. The summed E-state index contributed by atoms with van der Waals surface area (Å²) in [7, 11) is 0. The molecular weight excluding hydrogens is 508 g/mol. The van der Waals surface area contributed by atoms with Crippen molar-refractivity contribution in [1.29, 1.82) is 0 Å². The van der Waals surface area contributed by atoms with Gasteiger partial charge in [0.2, 0.25) is 11.8 Å². The van der Waals surface area contributed by atoms with Crippen LogP contribution in [-0.2, 0) is 28.3 Å². The van der Waals surface area contributed by atoms with E-state index in [0.717, 1.165) is 32.5 Å². The van der Waals surface area contributed by atoms with Crippen LogP contribution in [0.1, 0.15) is 29.2 Å². The van der Waals surface area contributed by atoms with Crippen LogP contribution in [-0.4, -0.2) is 35.1 Å². The first-order valence-corrected chi connectivity index (χ1v) is 13.4. The molecule has 3 aromatic rings. The lowest BCUT2D eigenvalue weighted by Gasteiger charge is -2.31. The largest absolute Gasteiger partial charge is 0.355 e. The second kappa shape index (κ2) is 13.4. The third-order valence-corrected chi connectivity index (χ3v) is 6.98. The van der Waals surface area contributed by atoms with E-state index < -0.39 is 6.04 Å². The highest BCUT2D eigenvalue weighted by Crippen LogP contribution is 2.20. The van der Waals surface area contributed by atoms with Crippen molar-refractivity contribution in [3.05, 3.63) is 106 Å². The maximum Gasteiger partial charge on any atom is 0.243 e. The summed E-state index contributed by atoms with van der Waals surface area (Å²) < 4.78 is 1.03. The molecule has 0 heterocycles. The van der Waals surface area contributed by atoms with Crippen molar-refractivity contribution in [2.75, 3.05) is 12.3 Å². The van der Waals surface area contributed by atoms with E-state index in [-0.39, 0.29) is 11.8 Å². The van der Waals surface area contributed by atoms with E-state index in [1.807, 2.05) is 74.5 Å². The molecule has 0 aliphatic rings. The number of carbonyl (C=O) groups is 2. The number of nitrogens with one attached hydrogen (secondary N) is 1. The first-order chi connectivity index (χ1) is 16.5. The van der Waals surface area contributed by atoms with Crippen molar-refractivity contribution in [2.24, 2.45) is 0 Å². The van der Waals surface area contributed by atoms with Crippen molar-refractivity contribution in [2.45, 2.75) is 38.6 Å². The summed E-state index contributed by atoms with van der Waals surface area (Å²) in [4.78, 5) is 28.4. The van der Waals surface area contributed by atoms with Crippen molar-refractivity contribution in [1.82, 2.24) is 10.2 Å². The van der Waals surface area contributed by atoms with Gasteiger partial charge in [-0.25, -0.2) is 0 Å². The second-order valence-electron chi connectivity index (χ2n) is 8.23. The Balaban J connectivity index is 1.81. The second-order valence-corrected chi connectivity index (χ2v) is 10.1. The molecule has 178 valence electrons. The van der Waals surface area contributed by atoms with Crippen LogP contribution in [0.2, 0.25) is 0 Å². The van der Waals surface area contributed by atoms with Gasteiger partial charge in [0.15, 0.2) is 0 Å². The van der Waals surface area contributed by atoms with E-state index in [1.165, 1.54) is 0 Å². The lowest BCUT2D eigenvalue weighted by Crippen LogP contribution is -2.51. The van der Waals surface area contributed by atoms with Gasteiger partial charge in [-0.15, -0.1) is 11.8 Å². The number of carbonyl (C=O) groups excluding carboxylic acids is 2. The number of likely N-dealkylation sites (N-methyl/N-ethyl adjacent to an activating group) is 1. The van der Waals surface area contributed by atoms with Crippen molar-refractivity contribution >= 4 is 39.5 Å². The molecular formula is C28H31BrN2O2S. The fourth-order valence-electron chi connectivity index (χ4n) is 3.77. The fourth-order valence-corrected chi connectivity index (χ4v) is 4.91. The minimum Gasteiger partial charge on any atom is -0.355 e. The molecule has 3 aromatic carbocycles. The normalized spacial score (nSPS) is 11.6. The number of thioether (sulfide) groups is 1. The van der Waals surface area contributed by atoms with Gasteiger partial charge in [0.25, 0.3) is 0 Å². The Labute approximate surface area is 215 Å². The first kappa shape index (κ1) is 26.0. The molecule has 0 spiro atoms. The molecule has 0 aliphatic heterocycles. The number of hydrogen-bond donors (Lipinski definition) is 1. The van der Waals surface area contributed by atoms with Crippen molar-refractivity contribution in [3.8, 4) is 0 Å². The first-order valence-electron chi connectivity index (χ1n) is 11.4. The van der Waals surface area contributed by atoms with Crippen molar-refractivity contribution in [3.63, 3.8) is 0 Å². The summed E-state index contributed by atoms with van der Waals surface area (Å²) in [6.45, 7) is 4.86. The Morgan fingerprint density at radius 1 is 0.941 bits per heavy atom. The maximum atomic E-state index is 13.5. The minimum absolute atomic E-state index is 0.0317. The number of aryl methyl sites for hydroxylation is 1. The predicted molar refractivity (Wildman–Crippen MR) is 145 cm³/mol. The standard InChI is InChI=1S/C28H31BrN2O2S/c1-3-30-28(33)26(17-22-9-5-4-6-10-22)31(18-24-11-7-8-21(2)16-24)27(32)20-34-19-23-12-14-25(29)15-13-23/h4-16,26H,3,17-20H2,1-2H3,(H,30,33)/t26-/m1/s1. The highest BCUT2D eigenvalue weighted by atomic mass is 79.9. The Morgan fingerprint density at radius 2 is 1.65 bits per heavy atom. The summed E-state index contributed by atoms with van der Waals surface area (Å²) in [5.74, 6) is 0.898. The molecule has 0 saturated heterocycles. The average Bonchev–Trinajstić information content (AvgIpc) is 2.83. The third-order valence-electron chi connectivity index (χ3n) is 5.47. The van der Waals surface area contributed by atoms with E-state index in [9.17, 15) is 9.59 Å². The zero-order valence-electron chi connectivity index (χ0n) is 19.7. The van der Waals surface area contributed by atoms with E-state index in [4.69, 9.17) is 0 Å². The maximum absolute atomic E-state index is 13.5. The molecule has 0 saturated carbocycles. The third kappa shape index (κ3) is 8.03. The van der Waals surface area contributed by atoms with Crippen LogP contribution in [0, 0.1) is 6.92 Å². The quantitative estimate of drug-likeness (QED) is 0.337. The van der Waals surface area contributed by atoms with Crippen molar-refractivity contribution < 1.29 is 9.59 Å². The van der Waals surface area contributed by atoms with E-state index >= 15 is 0 Å². The van der Waals surface area contributed by atoms with Gasteiger partial charge in [0.05, 0.1) is 5.75 Å². The number of halogens is 1. The Morgan fingerprint density at radius 3 is 2.32 bits per heavy atom. The molecule has 0 unspecified atom stereocenters. The highest BCUT2D eigenvalue weighted by molar-refractivity contribution is 9.10. The zero-order chi connectivity index (χ0) is 24.3. The molecule has 0 aromatic heterocycles. The average molecular weight is 540 g/mol. The van der Waals surface area contributed by atoms with Crippen LogP contribution in [0.3, 0.4) is 0 Å². The van der Waals surface area contributed by atoms with Gasteiger partial charge < -0.3 is 10.2 Å². The molecule has 1 atom stereocenters. The van der Waals surface area contributed by atoms with Gasteiger partial charge in [-0.05, 0) is 42.7 Å². The molecule has 0 radical (unpaired) electrons. The van der Waals surface area contributed by atoms with Gasteiger partial charge in [-0.1, -0.05) is 88.2 Å². The predicted octanol–water partition coefficient (Wildman–Crippen LogP) is 5.77. The summed E-state index contributed by atoms with van der Waals surface area (Å²) in [6, 6.07) is 25.6. The number of nitrogens with zero attached hydrogens (tertiary/aromatic N) is 1. The molecule has 2 amide bonds. The SMILES string of the molecule is CCNC(=O)[C@@H](Cc1ccccc1)N(Cc1cccc(C)c1)C(=O)CSCc1ccc(Br)cc1.